The lowest BCUT2D eigenvalue weighted by Gasteiger charge is -2.13. The van der Waals surface area contributed by atoms with Crippen molar-refractivity contribution in [2.45, 2.75) is 18.7 Å². The Bertz CT molecular complexity index is 1160. The van der Waals surface area contributed by atoms with E-state index in [9.17, 15) is 13.2 Å². The van der Waals surface area contributed by atoms with Gasteiger partial charge in [-0.2, -0.15) is 5.10 Å². The van der Waals surface area contributed by atoms with Crippen molar-refractivity contribution in [2.75, 3.05) is 4.72 Å². The highest BCUT2D eigenvalue weighted by Gasteiger charge is 2.25. The van der Waals surface area contributed by atoms with Crippen LogP contribution in [0.15, 0.2) is 41.3 Å². The van der Waals surface area contributed by atoms with E-state index in [1.165, 1.54) is 12.1 Å². The Morgan fingerprint density at radius 2 is 1.71 bits per heavy atom. The van der Waals surface area contributed by atoms with E-state index in [1.807, 2.05) is 0 Å². The van der Waals surface area contributed by atoms with E-state index in [-0.39, 0.29) is 14.9 Å². The maximum Gasteiger partial charge on any atom is 0.264 e. The molecule has 1 N–H and O–H groups in total. The van der Waals surface area contributed by atoms with Crippen molar-refractivity contribution in [2.24, 2.45) is 7.05 Å². The second-order valence-corrected chi connectivity index (χ2v) is 8.72. The van der Waals surface area contributed by atoms with Crippen molar-refractivity contribution in [1.29, 1.82) is 0 Å². The fourth-order valence-corrected chi connectivity index (χ4v) is 5.28. The molecule has 0 spiro atoms. The average molecular weight is 438 g/mol. The van der Waals surface area contributed by atoms with Crippen molar-refractivity contribution in [1.82, 2.24) is 9.78 Å². The van der Waals surface area contributed by atoms with Crippen LogP contribution < -0.4 is 4.72 Å². The summed E-state index contributed by atoms with van der Waals surface area (Å²) in [5.41, 5.74) is 3.38. The molecule has 1 aromatic heterocycles. The number of carbonyl (C=O) groups excluding carboxylic acids is 1. The molecule has 28 heavy (non-hydrogen) atoms. The monoisotopic (exact) mass is 437 g/mol. The topological polar surface area (TPSA) is 81.1 Å². The zero-order valence-corrected chi connectivity index (χ0v) is 17.7. The summed E-state index contributed by atoms with van der Waals surface area (Å²) in [6, 6.07) is 9.86. The Balaban J connectivity index is 2.06. The van der Waals surface area contributed by atoms with Crippen molar-refractivity contribution >= 4 is 45.2 Å². The molecule has 146 valence electrons. The largest absolute Gasteiger partial charge is 0.298 e. The smallest absolute Gasteiger partial charge is 0.264 e. The van der Waals surface area contributed by atoms with Crippen LogP contribution in [0.25, 0.3) is 11.1 Å². The number of nitrogens with zero attached hydrogens (tertiary/aromatic N) is 2. The van der Waals surface area contributed by atoms with Crippen LogP contribution in [-0.4, -0.2) is 24.5 Å². The number of halogens is 2. The highest BCUT2D eigenvalue weighted by atomic mass is 35.5. The number of carbonyl (C=O) groups is 1. The summed E-state index contributed by atoms with van der Waals surface area (Å²) in [7, 11) is -2.32. The fourth-order valence-electron chi connectivity index (χ4n) is 2.88. The normalized spacial score (nSPS) is 11.5. The van der Waals surface area contributed by atoms with Crippen molar-refractivity contribution in [3.8, 4) is 11.1 Å². The van der Waals surface area contributed by atoms with Crippen LogP contribution in [0.3, 0.4) is 0 Å². The molecule has 0 fully saturated rings. The number of rotatable bonds is 5. The van der Waals surface area contributed by atoms with E-state index in [4.69, 9.17) is 23.2 Å². The highest BCUT2D eigenvalue weighted by molar-refractivity contribution is 7.93. The molecule has 0 aliphatic heterocycles. The first kappa shape index (κ1) is 20.4. The van der Waals surface area contributed by atoms with E-state index in [0.717, 1.165) is 6.29 Å². The van der Waals surface area contributed by atoms with Gasteiger partial charge < -0.3 is 0 Å². The lowest BCUT2D eigenvalue weighted by atomic mass is 10.0. The van der Waals surface area contributed by atoms with Gasteiger partial charge in [0.1, 0.15) is 11.2 Å². The summed E-state index contributed by atoms with van der Waals surface area (Å²) >= 11 is 12.6. The molecule has 1 heterocycles. The van der Waals surface area contributed by atoms with Gasteiger partial charge in [0.25, 0.3) is 10.0 Å². The van der Waals surface area contributed by atoms with Gasteiger partial charge in [0.2, 0.25) is 0 Å². The fraction of sp³-hybridized carbons (Fsp3) is 0.158. The van der Waals surface area contributed by atoms with Gasteiger partial charge in [0.15, 0.2) is 0 Å². The first-order chi connectivity index (χ1) is 13.1. The minimum absolute atomic E-state index is 0.0225. The van der Waals surface area contributed by atoms with Gasteiger partial charge in [-0.25, -0.2) is 8.42 Å². The number of aromatic nitrogens is 2. The van der Waals surface area contributed by atoms with E-state index in [0.29, 0.717) is 33.8 Å². The number of anilines is 1. The molecular formula is C19H17Cl2N3O3S. The average Bonchev–Trinajstić information content (AvgIpc) is 2.86. The second-order valence-electron chi connectivity index (χ2n) is 6.29. The zero-order valence-electron chi connectivity index (χ0n) is 15.3. The minimum Gasteiger partial charge on any atom is -0.298 e. The van der Waals surface area contributed by atoms with Gasteiger partial charge in [-0.3, -0.25) is 14.2 Å². The SMILES string of the molecule is Cc1nn(C)c(C)c1NS(=O)(=O)c1c(Cl)cc(-c2cccc(C=O)c2)cc1Cl. The third-order valence-corrected chi connectivity index (χ3v) is 6.64. The highest BCUT2D eigenvalue weighted by Crippen LogP contribution is 2.36. The van der Waals surface area contributed by atoms with Gasteiger partial charge >= 0.3 is 0 Å². The predicted octanol–water partition coefficient (Wildman–Crippen LogP) is 4.62. The van der Waals surface area contributed by atoms with Crippen LogP contribution in [0.4, 0.5) is 5.69 Å². The van der Waals surface area contributed by atoms with Gasteiger partial charge in [-0.05, 0) is 43.2 Å². The molecule has 6 nitrogen and oxygen atoms in total. The summed E-state index contributed by atoms with van der Waals surface area (Å²) in [5, 5.41) is 4.15. The summed E-state index contributed by atoms with van der Waals surface area (Å²) in [6.07, 6.45) is 0.730. The quantitative estimate of drug-likeness (QED) is 0.590. The molecule has 3 aromatic rings. The Labute approximate surface area is 173 Å². The molecule has 9 heteroatoms. The molecule has 0 aliphatic rings. The number of hydrogen-bond donors (Lipinski definition) is 1. The molecule has 0 unspecified atom stereocenters. The Morgan fingerprint density at radius 3 is 2.25 bits per heavy atom. The molecule has 0 saturated heterocycles. The lowest BCUT2D eigenvalue weighted by Crippen LogP contribution is -2.15. The maximum absolute atomic E-state index is 12.9. The standard InChI is InChI=1S/C19H17Cl2N3O3S/c1-11-18(12(2)24(3)22-11)23-28(26,27)19-16(20)8-15(9-17(19)21)14-6-4-5-13(7-14)10-25/h4-10,23H,1-3H3. The van der Waals surface area contributed by atoms with Crippen molar-refractivity contribution in [3.63, 3.8) is 0 Å². The molecule has 3 rings (SSSR count). The molecule has 2 aromatic carbocycles. The van der Waals surface area contributed by atoms with Crippen molar-refractivity contribution in [3.05, 3.63) is 63.4 Å². The Hall–Kier alpha value is -2.35. The number of benzene rings is 2. The number of hydrogen-bond acceptors (Lipinski definition) is 4. The molecule has 0 bridgehead atoms. The third kappa shape index (κ3) is 3.78. The Kier molecular flexibility index (Phi) is 5.52. The Morgan fingerprint density at radius 1 is 1.07 bits per heavy atom. The van der Waals surface area contributed by atoms with Crippen LogP contribution in [0.5, 0.6) is 0 Å². The van der Waals surface area contributed by atoms with E-state index < -0.39 is 10.0 Å². The third-order valence-electron chi connectivity index (χ3n) is 4.37. The second kappa shape index (κ2) is 7.58. The van der Waals surface area contributed by atoms with E-state index in [1.54, 1.807) is 49.8 Å². The predicted molar refractivity (Wildman–Crippen MR) is 111 cm³/mol. The summed E-state index contributed by atoms with van der Waals surface area (Å²) < 4.78 is 30.0. The van der Waals surface area contributed by atoms with Crippen LogP contribution in [0.2, 0.25) is 10.0 Å². The summed E-state index contributed by atoms with van der Waals surface area (Å²) in [5.74, 6) is 0. The number of nitrogens with one attached hydrogen (secondary N) is 1. The van der Waals surface area contributed by atoms with Crippen molar-refractivity contribution < 1.29 is 13.2 Å². The maximum atomic E-state index is 12.9. The van der Waals surface area contributed by atoms with E-state index >= 15 is 0 Å². The summed E-state index contributed by atoms with van der Waals surface area (Å²) in [6.45, 7) is 3.46. The van der Waals surface area contributed by atoms with Crippen LogP contribution >= 0.6 is 23.2 Å². The number of aryl methyl sites for hydroxylation is 2. The molecular weight excluding hydrogens is 421 g/mol. The van der Waals surface area contributed by atoms with Gasteiger partial charge in [-0.1, -0.05) is 41.4 Å². The molecule has 0 aliphatic carbocycles. The first-order valence-electron chi connectivity index (χ1n) is 8.21. The van der Waals surface area contributed by atoms with E-state index in [2.05, 4.69) is 9.82 Å². The summed E-state index contributed by atoms with van der Waals surface area (Å²) in [4.78, 5) is 10.8. The zero-order chi connectivity index (χ0) is 20.6. The molecule has 0 saturated carbocycles. The molecule has 0 radical (unpaired) electrons. The van der Waals surface area contributed by atoms with Gasteiger partial charge in [0, 0.05) is 12.6 Å². The minimum atomic E-state index is -4.04. The number of sulfonamides is 1. The van der Waals surface area contributed by atoms with Gasteiger partial charge in [0.05, 0.1) is 27.1 Å². The first-order valence-corrected chi connectivity index (χ1v) is 10.5. The van der Waals surface area contributed by atoms with Crippen LogP contribution in [-0.2, 0) is 17.1 Å². The lowest BCUT2D eigenvalue weighted by molar-refractivity contribution is 0.112. The molecule has 0 atom stereocenters. The van der Waals surface area contributed by atoms with Gasteiger partial charge in [-0.15, -0.1) is 0 Å². The van der Waals surface area contributed by atoms with Crippen LogP contribution in [0.1, 0.15) is 21.7 Å². The molecule has 0 amide bonds. The number of aldehydes is 1. The van der Waals surface area contributed by atoms with Crippen LogP contribution in [0, 0.1) is 13.8 Å².